The fraction of sp³-hybridized carbons (Fsp3) is 0.364. The van der Waals surface area contributed by atoms with E-state index in [-0.39, 0.29) is 11.9 Å². The van der Waals surface area contributed by atoms with Crippen molar-refractivity contribution in [3.05, 3.63) is 58.8 Å². The zero-order chi connectivity index (χ0) is 19.8. The minimum Gasteiger partial charge on any atom is -0.341 e. The second-order valence-electron chi connectivity index (χ2n) is 7.71. The van der Waals surface area contributed by atoms with Crippen LogP contribution in [0.4, 0.5) is 11.5 Å². The average Bonchev–Trinajstić information content (AvgIpc) is 2.75. The van der Waals surface area contributed by atoms with Gasteiger partial charge in [0.1, 0.15) is 6.04 Å². The zero-order valence-electron chi connectivity index (χ0n) is 16.1. The summed E-state index contributed by atoms with van der Waals surface area (Å²) < 4.78 is 0. The molecule has 0 bridgehead atoms. The molecule has 0 spiro atoms. The summed E-state index contributed by atoms with van der Waals surface area (Å²) in [6, 6.07) is 10.1. The third-order valence-electron chi connectivity index (χ3n) is 5.80. The first-order chi connectivity index (χ1) is 14.2. The summed E-state index contributed by atoms with van der Waals surface area (Å²) >= 11 is 7.83. The Hall–Kier alpha value is -2.02. The van der Waals surface area contributed by atoms with Gasteiger partial charge in [0.25, 0.3) is 0 Å². The van der Waals surface area contributed by atoms with Gasteiger partial charge in [-0.3, -0.25) is 9.69 Å². The maximum absolute atomic E-state index is 12.5. The standard InChI is InChI=1S/C22H23ClN4OS/c23-18-3-1-16(2-4-18)17-5-7-26(8-6-17)13-15-11-19-21(24-12-15)27-9-10-29-14-20(27)22(28)25-19/h1-5,11-12,20H,6-10,13-14H2,(H,25,28). The van der Waals surface area contributed by atoms with Gasteiger partial charge in [-0.2, -0.15) is 11.8 Å². The van der Waals surface area contributed by atoms with Crippen molar-refractivity contribution >= 4 is 46.3 Å². The fourth-order valence-corrected chi connectivity index (χ4v) is 5.41. The van der Waals surface area contributed by atoms with Crippen LogP contribution in [-0.2, 0) is 11.3 Å². The number of benzene rings is 1. The smallest absolute Gasteiger partial charge is 0.248 e. The van der Waals surface area contributed by atoms with Crippen LogP contribution >= 0.6 is 23.4 Å². The SMILES string of the molecule is O=C1Nc2cc(CN3CC=C(c4ccc(Cl)cc4)CC3)cnc2N2CCSCC12. The second-order valence-corrected chi connectivity index (χ2v) is 9.30. The summed E-state index contributed by atoms with van der Waals surface area (Å²) in [6.45, 7) is 3.63. The highest BCUT2D eigenvalue weighted by Gasteiger charge is 2.36. The van der Waals surface area contributed by atoms with E-state index in [1.807, 2.05) is 30.1 Å². The lowest BCUT2D eigenvalue weighted by atomic mass is 9.99. The molecule has 1 fully saturated rings. The molecule has 150 valence electrons. The van der Waals surface area contributed by atoms with Crippen molar-refractivity contribution < 1.29 is 4.79 Å². The Morgan fingerprint density at radius 3 is 2.90 bits per heavy atom. The van der Waals surface area contributed by atoms with Crippen molar-refractivity contribution in [3.8, 4) is 0 Å². The van der Waals surface area contributed by atoms with Crippen LogP contribution in [0.25, 0.3) is 5.57 Å². The number of rotatable bonds is 3. The molecule has 1 aromatic carbocycles. The van der Waals surface area contributed by atoms with Crippen molar-refractivity contribution in [2.45, 2.75) is 19.0 Å². The van der Waals surface area contributed by atoms with Crippen molar-refractivity contribution in [2.75, 3.05) is 41.4 Å². The van der Waals surface area contributed by atoms with Gasteiger partial charge in [0.2, 0.25) is 5.91 Å². The molecule has 1 amide bonds. The predicted molar refractivity (Wildman–Crippen MR) is 121 cm³/mol. The number of aromatic nitrogens is 1. The Balaban J connectivity index is 1.28. The molecule has 0 saturated carbocycles. The van der Waals surface area contributed by atoms with Crippen LogP contribution in [0.3, 0.4) is 0 Å². The summed E-state index contributed by atoms with van der Waals surface area (Å²) in [6.07, 6.45) is 5.29. The molecule has 4 heterocycles. The molecule has 5 rings (SSSR count). The van der Waals surface area contributed by atoms with Gasteiger partial charge in [0, 0.05) is 48.9 Å². The van der Waals surface area contributed by atoms with E-state index in [0.717, 1.165) is 66.2 Å². The summed E-state index contributed by atoms with van der Waals surface area (Å²) in [7, 11) is 0. The number of halogens is 1. The van der Waals surface area contributed by atoms with Crippen LogP contribution in [0, 0.1) is 0 Å². The quantitative estimate of drug-likeness (QED) is 0.806. The number of hydrogen-bond acceptors (Lipinski definition) is 5. The van der Waals surface area contributed by atoms with E-state index >= 15 is 0 Å². The van der Waals surface area contributed by atoms with Crippen molar-refractivity contribution in [2.24, 2.45) is 0 Å². The number of fused-ring (bicyclic) bond motifs is 3. The number of hydrogen-bond donors (Lipinski definition) is 1. The maximum Gasteiger partial charge on any atom is 0.248 e. The van der Waals surface area contributed by atoms with Crippen LogP contribution in [0.5, 0.6) is 0 Å². The number of carbonyl (C=O) groups excluding carboxylic acids is 1. The topological polar surface area (TPSA) is 48.5 Å². The lowest BCUT2D eigenvalue weighted by molar-refractivity contribution is -0.117. The van der Waals surface area contributed by atoms with Crippen LogP contribution in [0.2, 0.25) is 5.02 Å². The molecular formula is C22H23ClN4OS. The van der Waals surface area contributed by atoms with Crippen molar-refractivity contribution in [1.82, 2.24) is 9.88 Å². The van der Waals surface area contributed by atoms with Crippen LogP contribution in [0.15, 0.2) is 42.6 Å². The number of anilines is 2. The summed E-state index contributed by atoms with van der Waals surface area (Å²) in [5, 5.41) is 3.84. The Bertz CT molecular complexity index is 962. The van der Waals surface area contributed by atoms with Crippen LogP contribution < -0.4 is 10.2 Å². The van der Waals surface area contributed by atoms with Gasteiger partial charge < -0.3 is 10.2 Å². The molecule has 2 aromatic rings. The number of carbonyl (C=O) groups is 1. The van der Waals surface area contributed by atoms with Crippen LogP contribution in [0.1, 0.15) is 17.5 Å². The van der Waals surface area contributed by atoms with E-state index in [4.69, 9.17) is 16.6 Å². The third-order valence-corrected chi connectivity index (χ3v) is 7.07. The minimum absolute atomic E-state index is 0.0851. The average molecular weight is 427 g/mol. The largest absolute Gasteiger partial charge is 0.341 e. The van der Waals surface area contributed by atoms with E-state index < -0.39 is 0 Å². The number of pyridine rings is 1. The van der Waals surface area contributed by atoms with Gasteiger partial charge in [-0.1, -0.05) is 29.8 Å². The predicted octanol–water partition coefficient (Wildman–Crippen LogP) is 3.90. The molecule has 1 unspecified atom stereocenters. The minimum atomic E-state index is -0.0851. The highest BCUT2D eigenvalue weighted by Crippen LogP contribution is 2.34. The van der Waals surface area contributed by atoms with Gasteiger partial charge in [-0.25, -0.2) is 4.98 Å². The highest BCUT2D eigenvalue weighted by atomic mass is 35.5. The van der Waals surface area contributed by atoms with E-state index in [2.05, 4.69) is 39.4 Å². The van der Waals surface area contributed by atoms with E-state index in [0.29, 0.717) is 0 Å². The molecule has 3 aliphatic rings. The van der Waals surface area contributed by atoms with Gasteiger partial charge in [0.15, 0.2) is 5.82 Å². The van der Waals surface area contributed by atoms with Crippen molar-refractivity contribution in [1.29, 1.82) is 0 Å². The molecule has 0 radical (unpaired) electrons. The molecule has 5 nitrogen and oxygen atoms in total. The molecule has 1 N–H and O–H groups in total. The van der Waals surface area contributed by atoms with Crippen molar-refractivity contribution in [3.63, 3.8) is 0 Å². The molecule has 7 heteroatoms. The lowest BCUT2D eigenvalue weighted by Crippen LogP contribution is -2.53. The van der Waals surface area contributed by atoms with E-state index in [1.165, 1.54) is 11.1 Å². The Morgan fingerprint density at radius 1 is 1.24 bits per heavy atom. The molecule has 0 aliphatic carbocycles. The van der Waals surface area contributed by atoms with Gasteiger partial charge >= 0.3 is 0 Å². The third kappa shape index (κ3) is 3.89. The van der Waals surface area contributed by atoms with Crippen LogP contribution in [-0.4, -0.2) is 53.0 Å². The first-order valence-corrected chi connectivity index (χ1v) is 11.5. The number of thioether (sulfide) groups is 1. The number of nitrogens with one attached hydrogen (secondary N) is 1. The highest BCUT2D eigenvalue weighted by molar-refractivity contribution is 7.99. The number of amides is 1. The number of nitrogens with zero attached hydrogens (tertiary/aromatic N) is 3. The Morgan fingerprint density at radius 2 is 2.10 bits per heavy atom. The van der Waals surface area contributed by atoms with Gasteiger partial charge in [-0.05, 0) is 41.3 Å². The van der Waals surface area contributed by atoms with Gasteiger partial charge in [0.05, 0.1) is 5.69 Å². The Kier molecular flexibility index (Phi) is 5.24. The monoisotopic (exact) mass is 426 g/mol. The second kappa shape index (κ2) is 8.01. The van der Waals surface area contributed by atoms with E-state index in [1.54, 1.807) is 0 Å². The van der Waals surface area contributed by atoms with E-state index in [9.17, 15) is 4.79 Å². The summed E-state index contributed by atoms with van der Waals surface area (Å²) in [5.74, 6) is 2.90. The molecule has 1 aromatic heterocycles. The molecule has 3 aliphatic heterocycles. The summed E-state index contributed by atoms with van der Waals surface area (Å²) in [4.78, 5) is 21.8. The molecule has 1 atom stereocenters. The first-order valence-electron chi connectivity index (χ1n) is 9.99. The van der Waals surface area contributed by atoms with Gasteiger partial charge in [-0.15, -0.1) is 0 Å². The lowest BCUT2D eigenvalue weighted by Gasteiger charge is -2.39. The first kappa shape index (κ1) is 19.0. The molecular weight excluding hydrogens is 404 g/mol. The zero-order valence-corrected chi connectivity index (χ0v) is 17.7. The fourth-order valence-electron chi connectivity index (χ4n) is 4.24. The maximum atomic E-state index is 12.5. The summed E-state index contributed by atoms with van der Waals surface area (Å²) in [5.41, 5.74) is 4.62. The Labute approximate surface area is 180 Å². The normalized spacial score (nSPS) is 21.8. The molecule has 29 heavy (non-hydrogen) atoms. The molecule has 1 saturated heterocycles.